The molecule has 0 bridgehead atoms. The Bertz CT molecular complexity index is 502. The number of rotatable bonds is 3. The Kier molecular flexibility index (Phi) is 2.41. The number of benzene rings is 1. The van der Waals surface area contributed by atoms with Crippen molar-refractivity contribution in [3.8, 4) is 0 Å². The zero-order chi connectivity index (χ0) is 10.8. The molecule has 4 nitrogen and oxygen atoms in total. The molecule has 0 aliphatic heterocycles. The maximum Gasteiger partial charge on any atom is 0.323 e. The second-order valence-corrected chi connectivity index (χ2v) is 3.35. The summed E-state index contributed by atoms with van der Waals surface area (Å²) < 4.78 is 1.75. The molecule has 0 saturated heterocycles. The number of aromatic nitrogens is 2. The molecule has 0 atom stereocenters. The first-order valence-electron chi connectivity index (χ1n) is 4.88. The van der Waals surface area contributed by atoms with Gasteiger partial charge in [-0.1, -0.05) is 19.1 Å². The number of fused-ring (bicyclic) bond motifs is 1. The summed E-state index contributed by atoms with van der Waals surface area (Å²) in [7, 11) is 0. The van der Waals surface area contributed by atoms with Gasteiger partial charge in [-0.2, -0.15) is 0 Å². The quantitative estimate of drug-likeness (QED) is 0.827. The number of para-hydroxylation sites is 2. The Labute approximate surface area is 87.2 Å². The molecule has 0 fully saturated rings. The highest BCUT2D eigenvalue weighted by Crippen LogP contribution is 2.16. The fourth-order valence-corrected chi connectivity index (χ4v) is 1.71. The minimum atomic E-state index is -0.840. The van der Waals surface area contributed by atoms with Crippen molar-refractivity contribution < 1.29 is 9.90 Å². The summed E-state index contributed by atoms with van der Waals surface area (Å²) in [5.74, 6) is -0.0218. The van der Waals surface area contributed by atoms with Crippen molar-refractivity contribution in [2.24, 2.45) is 0 Å². The van der Waals surface area contributed by atoms with Crippen LogP contribution in [0.2, 0.25) is 0 Å². The van der Waals surface area contributed by atoms with E-state index in [0.717, 1.165) is 23.3 Å². The Morgan fingerprint density at radius 1 is 1.47 bits per heavy atom. The molecule has 0 aliphatic rings. The highest BCUT2D eigenvalue weighted by Gasteiger charge is 2.10. The van der Waals surface area contributed by atoms with Crippen LogP contribution in [0.4, 0.5) is 0 Å². The van der Waals surface area contributed by atoms with E-state index in [0.29, 0.717) is 0 Å². The zero-order valence-electron chi connectivity index (χ0n) is 8.47. The van der Waals surface area contributed by atoms with E-state index in [1.807, 2.05) is 31.2 Å². The van der Waals surface area contributed by atoms with Gasteiger partial charge in [0.25, 0.3) is 0 Å². The number of aliphatic carboxylic acids is 1. The number of carboxylic acid groups (broad SMARTS) is 1. The topological polar surface area (TPSA) is 55.1 Å². The molecule has 4 heteroatoms. The molecule has 1 aromatic carbocycles. The first-order valence-corrected chi connectivity index (χ1v) is 4.88. The van der Waals surface area contributed by atoms with E-state index < -0.39 is 5.97 Å². The molecule has 0 radical (unpaired) electrons. The minimum absolute atomic E-state index is 0.0241. The Morgan fingerprint density at radius 3 is 2.87 bits per heavy atom. The van der Waals surface area contributed by atoms with Gasteiger partial charge in [0.1, 0.15) is 12.4 Å². The van der Waals surface area contributed by atoms with E-state index in [4.69, 9.17) is 5.11 Å². The molecular formula is C11H12N2O2. The van der Waals surface area contributed by atoms with Gasteiger partial charge in [0.15, 0.2) is 0 Å². The summed E-state index contributed by atoms with van der Waals surface area (Å²) in [5, 5.41) is 8.82. The van der Waals surface area contributed by atoms with Gasteiger partial charge in [-0.25, -0.2) is 4.98 Å². The average molecular weight is 204 g/mol. The van der Waals surface area contributed by atoms with Crippen LogP contribution in [-0.4, -0.2) is 20.6 Å². The number of aryl methyl sites for hydroxylation is 1. The average Bonchev–Trinajstić information content (AvgIpc) is 2.56. The third kappa shape index (κ3) is 1.70. The predicted molar refractivity (Wildman–Crippen MR) is 56.7 cm³/mol. The molecular weight excluding hydrogens is 192 g/mol. The number of carboxylic acids is 1. The van der Waals surface area contributed by atoms with Crippen molar-refractivity contribution in [1.82, 2.24) is 9.55 Å². The van der Waals surface area contributed by atoms with E-state index in [1.165, 1.54) is 0 Å². The number of hydrogen-bond acceptors (Lipinski definition) is 2. The van der Waals surface area contributed by atoms with Crippen LogP contribution in [0.25, 0.3) is 11.0 Å². The Morgan fingerprint density at radius 2 is 2.20 bits per heavy atom. The Balaban J connectivity index is 2.61. The van der Waals surface area contributed by atoms with Gasteiger partial charge >= 0.3 is 5.97 Å². The lowest BCUT2D eigenvalue weighted by Gasteiger charge is -2.03. The third-order valence-electron chi connectivity index (χ3n) is 2.34. The molecule has 2 rings (SSSR count). The highest BCUT2D eigenvalue weighted by atomic mass is 16.4. The predicted octanol–water partition coefficient (Wildman–Crippen LogP) is 1.68. The smallest absolute Gasteiger partial charge is 0.323 e. The number of carbonyl (C=O) groups is 1. The highest BCUT2D eigenvalue weighted by molar-refractivity contribution is 5.78. The summed E-state index contributed by atoms with van der Waals surface area (Å²) >= 11 is 0. The second-order valence-electron chi connectivity index (χ2n) is 3.35. The van der Waals surface area contributed by atoms with Gasteiger partial charge in [-0.05, 0) is 12.1 Å². The lowest BCUT2D eigenvalue weighted by Crippen LogP contribution is -2.11. The van der Waals surface area contributed by atoms with E-state index >= 15 is 0 Å². The van der Waals surface area contributed by atoms with E-state index in [-0.39, 0.29) is 6.54 Å². The number of imidazole rings is 1. The van der Waals surface area contributed by atoms with Crippen LogP contribution in [-0.2, 0) is 17.8 Å². The van der Waals surface area contributed by atoms with Crippen LogP contribution in [0, 0.1) is 0 Å². The van der Waals surface area contributed by atoms with E-state index in [1.54, 1.807) is 4.57 Å². The van der Waals surface area contributed by atoms with Crippen molar-refractivity contribution >= 4 is 17.0 Å². The lowest BCUT2D eigenvalue weighted by atomic mass is 10.3. The van der Waals surface area contributed by atoms with Gasteiger partial charge < -0.3 is 9.67 Å². The van der Waals surface area contributed by atoms with Crippen molar-refractivity contribution in [3.63, 3.8) is 0 Å². The van der Waals surface area contributed by atoms with Crippen molar-refractivity contribution in [2.75, 3.05) is 0 Å². The lowest BCUT2D eigenvalue weighted by molar-refractivity contribution is -0.137. The molecule has 15 heavy (non-hydrogen) atoms. The summed E-state index contributed by atoms with van der Waals surface area (Å²) in [6.07, 6.45) is 0.738. The number of hydrogen-bond donors (Lipinski definition) is 1. The summed E-state index contributed by atoms with van der Waals surface area (Å²) in [6.45, 7) is 1.95. The standard InChI is InChI=1S/C11H12N2O2/c1-2-10-12-8-5-3-4-6-9(8)13(10)7-11(14)15/h3-6H,2,7H2,1H3,(H,14,15). The molecule has 0 unspecified atom stereocenters. The van der Waals surface area contributed by atoms with Gasteiger partial charge in [-0.3, -0.25) is 4.79 Å². The van der Waals surface area contributed by atoms with Crippen molar-refractivity contribution in [3.05, 3.63) is 30.1 Å². The van der Waals surface area contributed by atoms with Crippen LogP contribution >= 0.6 is 0 Å². The first-order chi connectivity index (χ1) is 7.22. The van der Waals surface area contributed by atoms with Crippen molar-refractivity contribution in [1.29, 1.82) is 0 Å². The maximum absolute atomic E-state index is 10.7. The molecule has 0 amide bonds. The summed E-state index contributed by atoms with van der Waals surface area (Å²) in [6, 6.07) is 7.58. The van der Waals surface area contributed by atoms with Crippen LogP contribution in [0.15, 0.2) is 24.3 Å². The third-order valence-corrected chi connectivity index (χ3v) is 2.34. The van der Waals surface area contributed by atoms with Crippen LogP contribution in [0.3, 0.4) is 0 Å². The summed E-state index contributed by atoms with van der Waals surface area (Å²) in [5.41, 5.74) is 1.74. The van der Waals surface area contributed by atoms with Crippen LogP contribution in [0.5, 0.6) is 0 Å². The largest absolute Gasteiger partial charge is 0.480 e. The molecule has 2 aromatic rings. The molecule has 1 heterocycles. The van der Waals surface area contributed by atoms with E-state index in [9.17, 15) is 4.79 Å². The molecule has 1 aromatic heterocycles. The van der Waals surface area contributed by atoms with Crippen molar-refractivity contribution in [2.45, 2.75) is 19.9 Å². The fourth-order valence-electron chi connectivity index (χ4n) is 1.71. The van der Waals surface area contributed by atoms with Crippen LogP contribution in [0.1, 0.15) is 12.7 Å². The minimum Gasteiger partial charge on any atom is -0.480 e. The monoisotopic (exact) mass is 204 g/mol. The normalized spacial score (nSPS) is 10.7. The molecule has 1 N–H and O–H groups in total. The maximum atomic E-state index is 10.7. The second kappa shape index (κ2) is 3.73. The SMILES string of the molecule is CCc1nc2ccccc2n1CC(=O)O. The van der Waals surface area contributed by atoms with Gasteiger partial charge in [-0.15, -0.1) is 0 Å². The molecule has 0 spiro atoms. The van der Waals surface area contributed by atoms with Gasteiger partial charge in [0, 0.05) is 6.42 Å². The first kappa shape index (κ1) is 9.71. The Hall–Kier alpha value is -1.84. The molecule has 0 saturated carbocycles. The molecule has 78 valence electrons. The van der Waals surface area contributed by atoms with E-state index in [2.05, 4.69) is 4.98 Å². The van der Waals surface area contributed by atoms with Crippen LogP contribution < -0.4 is 0 Å². The summed E-state index contributed by atoms with van der Waals surface area (Å²) in [4.78, 5) is 15.1. The number of nitrogens with zero attached hydrogens (tertiary/aromatic N) is 2. The zero-order valence-corrected chi connectivity index (χ0v) is 8.47. The van der Waals surface area contributed by atoms with Gasteiger partial charge in [0.05, 0.1) is 11.0 Å². The molecule has 0 aliphatic carbocycles. The fraction of sp³-hybridized carbons (Fsp3) is 0.273. The van der Waals surface area contributed by atoms with Gasteiger partial charge in [0.2, 0.25) is 0 Å².